The molecule has 0 amide bonds. The Morgan fingerprint density at radius 3 is 2.65 bits per heavy atom. The Kier molecular flexibility index (Phi) is 7.35. The van der Waals surface area contributed by atoms with Crippen molar-refractivity contribution in [3.05, 3.63) is 34.9 Å². The number of likely N-dealkylation sites (tertiary alicyclic amines) is 1. The van der Waals surface area contributed by atoms with Gasteiger partial charge in [-0.05, 0) is 45.0 Å². The highest BCUT2D eigenvalue weighted by Gasteiger charge is 2.18. The van der Waals surface area contributed by atoms with Crippen molar-refractivity contribution in [2.24, 2.45) is 0 Å². The summed E-state index contributed by atoms with van der Waals surface area (Å²) < 4.78 is 5.45. The molecule has 0 N–H and O–H groups in total. The molecule has 112 valence electrons. The summed E-state index contributed by atoms with van der Waals surface area (Å²) in [5.41, 5.74) is 0.440. The van der Waals surface area contributed by atoms with Gasteiger partial charge in [0.05, 0.1) is 10.6 Å². The first-order valence-corrected chi connectivity index (χ1v) is 7.22. The number of nitrogens with zero attached hydrogens (tertiary/aromatic N) is 1. The second-order valence-electron chi connectivity index (χ2n) is 5.06. The lowest BCUT2D eigenvalue weighted by Crippen LogP contribution is -3.00. The van der Waals surface area contributed by atoms with E-state index in [0.29, 0.717) is 10.6 Å². The average molecular weight is 318 g/mol. The van der Waals surface area contributed by atoms with E-state index < -0.39 is 0 Å². The van der Waals surface area contributed by atoms with E-state index in [4.69, 9.17) is 16.3 Å². The molecule has 0 spiro atoms. The van der Waals surface area contributed by atoms with Gasteiger partial charge in [0.2, 0.25) is 0 Å². The normalized spacial score (nSPS) is 17.1. The zero-order chi connectivity index (χ0) is 13.7. The number of ether oxygens (including phenoxy) is 1. The van der Waals surface area contributed by atoms with Crippen LogP contribution in [0, 0.1) is 0 Å². The smallest absolute Gasteiger partial charge is 1.00 e. The molecule has 1 aliphatic rings. The van der Waals surface area contributed by atoms with E-state index in [1.165, 1.54) is 19.3 Å². The minimum absolute atomic E-state index is 0. The van der Waals surface area contributed by atoms with Crippen molar-refractivity contribution in [2.45, 2.75) is 32.3 Å². The Morgan fingerprint density at radius 2 is 2.00 bits per heavy atom. The van der Waals surface area contributed by atoms with Gasteiger partial charge >= 0.3 is 7.40 Å². The van der Waals surface area contributed by atoms with Gasteiger partial charge in [0, 0.05) is 6.54 Å². The van der Waals surface area contributed by atoms with Crippen LogP contribution in [0.5, 0.6) is 0 Å². The lowest BCUT2D eigenvalue weighted by molar-refractivity contribution is -0.0000437. The molecule has 1 aromatic carbocycles. The first kappa shape index (κ1) is 17.3. The third-order valence-electron chi connectivity index (χ3n) is 3.37. The van der Waals surface area contributed by atoms with Gasteiger partial charge < -0.3 is 17.1 Å². The van der Waals surface area contributed by atoms with Crippen molar-refractivity contribution in [3.63, 3.8) is 0 Å². The number of hydrogen-bond donors (Lipinski definition) is 0. The number of benzene rings is 1. The van der Waals surface area contributed by atoms with Crippen LogP contribution in [0.2, 0.25) is 5.02 Å². The predicted octanol–water partition coefficient (Wildman–Crippen LogP) is 0.488. The Morgan fingerprint density at radius 1 is 1.35 bits per heavy atom. The summed E-state index contributed by atoms with van der Waals surface area (Å²) in [7, 11) is 0. The number of carbonyl (C=O) groups excluding carboxylic acids is 1. The fourth-order valence-corrected chi connectivity index (χ4v) is 2.63. The maximum atomic E-state index is 12.0. The fraction of sp³-hybridized carbons (Fsp3) is 0.533. The summed E-state index contributed by atoms with van der Waals surface area (Å²) in [5.74, 6) is -0.338. The molecule has 20 heavy (non-hydrogen) atoms. The zero-order valence-electron chi connectivity index (χ0n) is 12.6. The second-order valence-corrected chi connectivity index (χ2v) is 5.46. The van der Waals surface area contributed by atoms with E-state index in [2.05, 4.69) is 4.90 Å². The highest BCUT2D eigenvalue weighted by atomic mass is 35.5. The minimum Gasteiger partial charge on any atom is -1.00 e. The molecule has 0 aliphatic carbocycles. The molecule has 1 heterocycles. The second kappa shape index (κ2) is 8.50. The number of halogens is 2. The highest BCUT2D eigenvalue weighted by Crippen LogP contribution is 2.17. The van der Waals surface area contributed by atoms with Crippen LogP contribution in [-0.4, -0.2) is 36.6 Å². The predicted molar refractivity (Wildman–Crippen MR) is 77.7 cm³/mol. The van der Waals surface area contributed by atoms with Crippen LogP contribution < -0.4 is 12.4 Å². The molecule has 0 bridgehead atoms. The van der Waals surface area contributed by atoms with E-state index in [1.54, 1.807) is 24.3 Å². The van der Waals surface area contributed by atoms with E-state index in [0.717, 1.165) is 19.6 Å². The van der Waals surface area contributed by atoms with Gasteiger partial charge in [-0.15, -0.1) is 0 Å². The Bertz CT molecular complexity index is 439. The van der Waals surface area contributed by atoms with Crippen LogP contribution in [0.15, 0.2) is 24.3 Å². The van der Waals surface area contributed by atoms with Gasteiger partial charge in [-0.3, -0.25) is 4.90 Å². The van der Waals surface area contributed by atoms with Crippen LogP contribution in [0.25, 0.3) is 0 Å². The topological polar surface area (TPSA) is 29.5 Å². The van der Waals surface area contributed by atoms with Crippen LogP contribution in [-0.2, 0) is 4.74 Å². The molecule has 1 aromatic rings. The zero-order valence-corrected chi connectivity index (χ0v) is 13.2. The van der Waals surface area contributed by atoms with Crippen molar-refractivity contribution >= 4 is 17.6 Å². The highest BCUT2D eigenvalue weighted by molar-refractivity contribution is 6.33. The first-order chi connectivity index (χ1) is 9.16. The van der Waals surface area contributed by atoms with Crippen LogP contribution in [0.4, 0.5) is 0 Å². The number of piperidine rings is 1. The monoisotopic (exact) mass is 317 g/mol. The van der Waals surface area contributed by atoms with E-state index >= 15 is 0 Å². The molecule has 1 aliphatic heterocycles. The molecule has 1 saturated heterocycles. The van der Waals surface area contributed by atoms with Crippen LogP contribution in [0.3, 0.4) is 0 Å². The van der Waals surface area contributed by atoms with Crippen molar-refractivity contribution in [3.8, 4) is 0 Å². The van der Waals surface area contributed by atoms with Crippen molar-refractivity contribution in [1.82, 2.24) is 4.90 Å². The molecule has 0 radical (unpaired) electrons. The number of rotatable bonds is 4. The van der Waals surface area contributed by atoms with Gasteiger partial charge in [0.1, 0.15) is 6.10 Å². The summed E-state index contributed by atoms with van der Waals surface area (Å²) in [4.78, 5) is 14.3. The van der Waals surface area contributed by atoms with Gasteiger partial charge in [-0.25, -0.2) is 4.79 Å². The lowest BCUT2D eigenvalue weighted by atomic mass is 10.1. The summed E-state index contributed by atoms with van der Waals surface area (Å²) in [6.45, 7) is 4.95. The number of hydrogen-bond acceptors (Lipinski definition) is 3. The summed E-state index contributed by atoms with van der Waals surface area (Å²) >= 11 is 5.98. The molecule has 1 fully saturated rings. The van der Waals surface area contributed by atoms with Crippen molar-refractivity contribution in [1.29, 1.82) is 0 Å². The molecule has 3 nitrogen and oxygen atoms in total. The largest absolute Gasteiger partial charge is 1.00 e. The number of esters is 1. The Balaban J connectivity index is 0.00000200. The third-order valence-corrected chi connectivity index (χ3v) is 3.70. The van der Waals surface area contributed by atoms with Crippen molar-refractivity contribution < 1.29 is 23.4 Å². The van der Waals surface area contributed by atoms with Gasteiger partial charge in [0.25, 0.3) is 0 Å². The molecule has 5 heteroatoms. The lowest BCUT2D eigenvalue weighted by Gasteiger charge is -2.28. The third kappa shape index (κ3) is 4.97. The molecule has 0 aromatic heterocycles. The van der Waals surface area contributed by atoms with Gasteiger partial charge in [-0.1, -0.05) is 30.2 Å². The Labute approximate surface area is 133 Å². The Hall–Kier alpha value is -0.770. The first-order valence-electron chi connectivity index (χ1n) is 6.84. The molecular weight excluding hydrogens is 297 g/mol. The standard InChI is InChI=1S/C15H20ClNO2.ClH/c1-12(11-17-9-5-2-6-10-17)19-15(18)13-7-3-4-8-14(13)16;/h3-4,7-8,12H,2,5-6,9-11H2,1H3;1H. The molecular formula is C15H21Cl2NO2. The summed E-state index contributed by atoms with van der Waals surface area (Å²) in [5, 5.41) is 0.442. The maximum absolute atomic E-state index is 12.0. The molecule has 2 rings (SSSR count). The minimum atomic E-state index is -0.338. The van der Waals surface area contributed by atoms with Gasteiger partial charge in [-0.2, -0.15) is 0 Å². The maximum Gasteiger partial charge on any atom is 1.00 e. The van der Waals surface area contributed by atoms with E-state index in [-0.39, 0.29) is 25.9 Å². The molecule has 0 saturated carbocycles. The average Bonchev–Trinajstić information content (AvgIpc) is 2.40. The molecule has 1 unspecified atom stereocenters. The van der Waals surface area contributed by atoms with Crippen LogP contribution in [0.1, 0.15) is 38.0 Å². The van der Waals surface area contributed by atoms with Crippen molar-refractivity contribution in [2.75, 3.05) is 19.6 Å². The van der Waals surface area contributed by atoms with Gasteiger partial charge in [0.15, 0.2) is 0 Å². The summed E-state index contributed by atoms with van der Waals surface area (Å²) in [6, 6.07) is 6.99. The van der Waals surface area contributed by atoms with Crippen LogP contribution >= 0.6 is 11.6 Å². The fourth-order valence-electron chi connectivity index (χ4n) is 2.42. The van der Waals surface area contributed by atoms with E-state index in [1.807, 2.05) is 6.92 Å². The summed E-state index contributed by atoms with van der Waals surface area (Å²) in [6.07, 6.45) is 3.68. The quantitative estimate of drug-likeness (QED) is 0.757. The SMILES string of the molecule is CC(CN1CCCCC1)OC(=O)c1ccccc1Cl.[Cl-].[H+]. The molecule has 1 atom stereocenters. The number of carbonyl (C=O) groups is 1. The van der Waals surface area contributed by atoms with E-state index in [9.17, 15) is 4.79 Å².